The van der Waals surface area contributed by atoms with Crippen LogP contribution in [0.2, 0.25) is 5.02 Å². The van der Waals surface area contributed by atoms with Crippen molar-refractivity contribution in [3.8, 4) is 11.5 Å². The van der Waals surface area contributed by atoms with Crippen molar-refractivity contribution in [1.29, 1.82) is 0 Å². The predicted octanol–water partition coefficient (Wildman–Crippen LogP) is 4.13. The first-order valence-electron chi connectivity index (χ1n) is 6.23. The zero-order valence-corrected chi connectivity index (χ0v) is 11.9. The average molecular weight is 291 g/mol. The summed E-state index contributed by atoms with van der Waals surface area (Å²) in [5.74, 6) is 1.33. The summed E-state index contributed by atoms with van der Waals surface area (Å²) in [4.78, 5) is 10.7. The molecule has 0 radical (unpaired) electrons. The molecule has 0 aliphatic carbocycles. The Bertz CT molecular complexity index is 579. The van der Waals surface area contributed by atoms with Crippen molar-refractivity contribution >= 4 is 17.9 Å². The first-order valence-corrected chi connectivity index (χ1v) is 6.61. The fraction of sp³-hybridized carbons (Fsp3) is 0.188. The summed E-state index contributed by atoms with van der Waals surface area (Å²) in [6.45, 7) is 0.697. The average Bonchev–Trinajstić information content (AvgIpc) is 2.47. The van der Waals surface area contributed by atoms with Gasteiger partial charge in [0.05, 0.1) is 11.6 Å². The molecule has 0 unspecified atom stereocenters. The van der Waals surface area contributed by atoms with E-state index in [1.807, 2.05) is 24.3 Å². The summed E-state index contributed by atoms with van der Waals surface area (Å²) in [5, 5.41) is 0.384. The Morgan fingerprint density at radius 2 is 1.80 bits per heavy atom. The van der Waals surface area contributed by atoms with E-state index in [1.54, 1.807) is 25.3 Å². The fourth-order valence-corrected chi connectivity index (χ4v) is 1.96. The molecule has 0 bridgehead atoms. The highest BCUT2D eigenvalue weighted by atomic mass is 35.5. The van der Waals surface area contributed by atoms with Crippen LogP contribution in [0.25, 0.3) is 0 Å². The minimum atomic E-state index is 0.384. The molecule has 4 heteroatoms. The molecule has 0 aliphatic rings. The van der Waals surface area contributed by atoms with E-state index in [-0.39, 0.29) is 0 Å². The number of aldehydes is 1. The van der Waals surface area contributed by atoms with Crippen LogP contribution in [0.1, 0.15) is 15.9 Å². The lowest BCUT2D eigenvalue weighted by atomic mass is 10.1. The molecule has 0 spiro atoms. The molecule has 2 rings (SSSR count). The van der Waals surface area contributed by atoms with Crippen LogP contribution in [-0.4, -0.2) is 20.0 Å². The molecular formula is C16H15ClO3. The summed E-state index contributed by atoms with van der Waals surface area (Å²) in [7, 11) is 1.68. The number of hydrogen-bond acceptors (Lipinski definition) is 3. The molecule has 3 nitrogen and oxygen atoms in total. The minimum absolute atomic E-state index is 0.384. The SMILES string of the molecule is COCCc1ccc(Oc2ccc(C=O)c(Cl)c2)cc1. The summed E-state index contributed by atoms with van der Waals surface area (Å²) < 4.78 is 10.7. The Labute approximate surface area is 123 Å². The van der Waals surface area contributed by atoms with Crippen molar-refractivity contribution in [2.75, 3.05) is 13.7 Å². The van der Waals surface area contributed by atoms with Crippen molar-refractivity contribution in [3.63, 3.8) is 0 Å². The monoisotopic (exact) mass is 290 g/mol. The molecule has 0 aromatic heterocycles. The maximum Gasteiger partial charge on any atom is 0.151 e. The Hall–Kier alpha value is -1.84. The van der Waals surface area contributed by atoms with Crippen LogP contribution in [0.4, 0.5) is 0 Å². The number of hydrogen-bond donors (Lipinski definition) is 0. The molecule has 2 aromatic carbocycles. The second-order valence-corrected chi connectivity index (χ2v) is 4.70. The van der Waals surface area contributed by atoms with Crippen molar-refractivity contribution < 1.29 is 14.3 Å². The Kier molecular flexibility index (Phi) is 5.16. The third-order valence-corrected chi connectivity index (χ3v) is 3.18. The highest BCUT2D eigenvalue weighted by molar-refractivity contribution is 6.33. The van der Waals surface area contributed by atoms with Gasteiger partial charge in [-0.25, -0.2) is 0 Å². The smallest absolute Gasteiger partial charge is 0.151 e. The van der Waals surface area contributed by atoms with Gasteiger partial charge in [-0.3, -0.25) is 4.79 Å². The number of ether oxygens (including phenoxy) is 2. The van der Waals surface area contributed by atoms with Crippen molar-refractivity contribution in [3.05, 3.63) is 58.6 Å². The highest BCUT2D eigenvalue weighted by Gasteiger charge is 2.03. The number of benzene rings is 2. The van der Waals surface area contributed by atoms with Crippen LogP contribution in [0.15, 0.2) is 42.5 Å². The van der Waals surface area contributed by atoms with Gasteiger partial charge in [0.15, 0.2) is 6.29 Å². The highest BCUT2D eigenvalue weighted by Crippen LogP contribution is 2.26. The van der Waals surface area contributed by atoms with E-state index in [1.165, 1.54) is 5.56 Å². The van der Waals surface area contributed by atoms with Crippen LogP contribution in [0, 0.1) is 0 Å². The maximum absolute atomic E-state index is 10.7. The molecular weight excluding hydrogens is 276 g/mol. The largest absolute Gasteiger partial charge is 0.457 e. The number of carbonyl (C=O) groups is 1. The van der Waals surface area contributed by atoms with Crippen LogP contribution in [0.5, 0.6) is 11.5 Å². The van der Waals surface area contributed by atoms with Crippen LogP contribution in [0.3, 0.4) is 0 Å². The van der Waals surface area contributed by atoms with E-state index in [2.05, 4.69) is 0 Å². The lowest BCUT2D eigenvalue weighted by Crippen LogP contribution is -1.94. The molecule has 0 saturated heterocycles. The van der Waals surface area contributed by atoms with Gasteiger partial charge in [-0.2, -0.15) is 0 Å². The molecule has 0 N–H and O–H groups in total. The van der Waals surface area contributed by atoms with E-state index < -0.39 is 0 Å². The van der Waals surface area contributed by atoms with E-state index in [0.717, 1.165) is 18.5 Å². The molecule has 0 fully saturated rings. The molecule has 0 atom stereocenters. The quantitative estimate of drug-likeness (QED) is 0.750. The van der Waals surface area contributed by atoms with E-state index in [0.29, 0.717) is 22.9 Å². The van der Waals surface area contributed by atoms with Crippen molar-refractivity contribution in [2.45, 2.75) is 6.42 Å². The minimum Gasteiger partial charge on any atom is -0.457 e. The summed E-state index contributed by atoms with van der Waals surface area (Å²) in [5.41, 5.74) is 1.64. The van der Waals surface area contributed by atoms with E-state index in [9.17, 15) is 4.79 Å². The molecule has 20 heavy (non-hydrogen) atoms. The van der Waals surface area contributed by atoms with Crippen LogP contribution < -0.4 is 4.74 Å². The zero-order chi connectivity index (χ0) is 14.4. The van der Waals surface area contributed by atoms with Gasteiger partial charge in [0.2, 0.25) is 0 Å². The standard InChI is InChI=1S/C16H15ClO3/c1-19-9-8-12-2-5-14(6-3-12)20-15-7-4-13(11-18)16(17)10-15/h2-7,10-11H,8-9H2,1H3. The van der Waals surface area contributed by atoms with E-state index in [4.69, 9.17) is 21.1 Å². The number of rotatable bonds is 6. The van der Waals surface area contributed by atoms with Gasteiger partial charge >= 0.3 is 0 Å². The second kappa shape index (κ2) is 7.08. The van der Waals surface area contributed by atoms with Gasteiger partial charge in [-0.1, -0.05) is 23.7 Å². The topological polar surface area (TPSA) is 35.5 Å². The molecule has 104 valence electrons. The van der Waals surface area contributed by atoms with Gasteiger partial charge < -0.3 is 9.47 Å². The number of methoxy groups -OCH3 is 1. The first-order chi connectivity index (χ1) is 9.72. The van der Waals surface area contributed by atoms with Gasteiger partial charge in [-0.15, -0.1) is 0 Å². The summed E-state index contributed by atoms with van der Waals surface area (Å²) in [6.07, 6.45) is 1.59. The second-order valence-electron chi connectivity index (χ2n) is 4.29. The molecule has 0 saturated carbocycles. The molecule has 2 aromatic rings. The normalized spacial score (nSPS) is 10.3. The number of halogens is 1. The Morgan fingerprint density at radius 1 is 1.10 bits per heavy atom. The van der Waals surface area contributed by atoms with Gasteiger partial charge in [0, 0.05) is 18.7 Å². The third kappa shape index (κ3) is 3.83. The van der Waals surface area contributed by atoms with Gasteiger partial charge in [0.25, 0.3) is 0 Å². The lowest BCUT2D eigenvalue weighted by molar-refractivity contribution is 0.112. The predicted molar refractivity (Wildman–Crippen MR) is 78.9 cm³/mol. The lowest BCUT2D eigenvalue weighted by Gasteiger charge is -2.08. The summed E-state index contributed by atoms with van der Waals surface area (Å²) in [6, 6.07) is 12.8. The molecule has 0 amide bonds. The Morgan fingerprint density at radius 3 is 2.40 bits per heavy atom. The zero-order valence-electron chi connectivity index (χ0n) is 11.1. The van der Waals surface area contributed by atoms with E-state index >= 15 is 0 Å². The molecule has 0 aliphatic heterocycles. The first kappa shape index (κ1) is 14.6. The van der Waals surface area contributed by atoms with Crippen LogP contribution >= 0.6 is 11.6 Å². The van der Waals surface area contributed by atoms with Crippen molar-refractivity contribution in [1.82, 2.24) is 0 Å². The third-order valence-electron chi connectivity index (χ3n) is 2.85. The van der Waals surface area contributed by atoms with Gasteiger partial charge in [-0.05, 0) is 36.2 Å². The molecule has 0 heterocycles. The van der Waals surface area contributed by atoms with Crippen molar-refractivity contribution in [2.24, 2.45) is 0 Å². The summed E-state index contributed by atoms with van der Waals surface area (Å²) >= 11 is 5.95. The number of carbonyl (C=O) groups excluding carboxylic acids is 1. The Balaban J connectivity index is 2.06. The fourth-order valence-electron chi connectivity index (χ4n) is 1.75. The maximum atomic E-state index is 10.7. The van der Waals surface area contributed by atoms with Crippen LogP contribution in [-0.2, 0) is 11.2 Å². The van der Waals surface area contributed by atoms with Gasteiger partial charge in [0.1, 0.15) is 11.5 Å².